The van der Waals surface area contributed by atoms with E-state index in [1.165, 1.54) is 0 Å². The van der Waals surface area contributed by atoms with E-state index in [0.29, 0.717) is 36.0 Å². The first-order chi connectivity index (χ1) is 15.7. The first kappa shape index (κ1) is 30.7. The molecule has 0 aliphatic carbocycles. The quantitative estimate of drug-likeness (QED) is 0.209. The predicted octanol–water partition coefficient (Wildman–Crippen LogP) is 7.52. The van der Waals surface area contributed by atoms with Gasteiger partial charge in [0.1, 0.15) is 6.61 Å². The van der Waals surface area contributed by atoms with Crippen molar-refractivity contribution >= 4 is 6.41 Å². The number of carbonyl (C=O) groups excluding carboxylic acids is 1. The van der Waals surface area contributed by atoms with Crippen molar-refractivity contribution in [2.75, 3.05) is 0 Å². The van der Waals surface area contributed by atoms with Gasteiger partial charge in [0.05, 0.1) is 5.70 Å². The summed E-state index contributed by atoms with van der Waals surface area (Å²) in [5.74, 6) is 1.36. The lowest BCUT2D eigenvalue weighted by atomic mass is 10.2. The summed E-state index contributed by atoms with van der Waals surface area (Å²) >= 11 is 0. The van der Waals surface area contributed by atoms with Crippen LogP contribution in [0, 0.1) is 0 Å². The Morgan fingerprint density at radius 2 is 1.53 bits per heavy atom. The number of hydrogen-bond donors (Lipinski definition) is 1. The number of amides is 1. The second-order valence-corrected chi connectivity index (χ2v) is 5.44. The first-order valence-electron chi connectivity index (χ1n) is 10.9. The van der Waals surface area contributed by atoms with E-state index in [9.17, 15) is 4.79 Å². The van der Waals surface area contributed by atoms with E-state index in [-0.39, 0.29) is 0 Å². The van der Waals surface area contributed by atoms with Crippen LogP contribution in [-0.2, 0) is 20.9 Å². The highest BCUT2D eigenvalue weighted by molar-refractivity contribution is 5.53. The van der Waals surface area contributed by atoms with E-state index in [4.69, 9.17) is 9.47 Å². The highest BCUT2D eigenvalue weighted by Crippen LogP contribution is 2.20. The molecule has 0 spiro atoms. The van der Waals surface area contributed by atoms with Gasteiger partial charge in [-0.05, 0) is 43.7 Å². The Bertz CT molecular complexity index is 797. The maximum Gasteiger partial charge on any atom is 0.211 e. The van der Waals surface area contributed by atoms with Gasteiger partial charge < -0.3 is 14.8 Å². The zero-order valence-corrected chi connectivity index (χ0v) is 20.4. The van der Waals surface area contributed by atoms with Gasteiger partial charge in [0.2, 0.25) is 6.41 Å². The van der Waals surface area contributed by atoms with E-state index in [0.717, 1.165) is 5.56 Å². The number of benzene rings is 1. The van der Waals surface area contributed by atoms with E-state index in [1.807, 2.05) is 84.0 Å². The highest BCUT2D eigenvalue weighted by atomic mass is 16.5. The molecule has 32 heavy (non-hydrogen) atoms. The Morgan fingerprint density at radius 3 is 2.03 bits per heavy atom. The van der Waals surface area contributed by atoms with E-state index in [2.05, 4.69) is 18.5 Å². The molecule has 0 radical (unpaired) electrons. The molecule has 0 fully saturated rings. The van der Waals surface area contributed by atoms with Crippen LogP contribution in [0.2, 0.25) is 0 Å². The number of allylic oxidation sites excluding steroid dienone is 8. The van der Waals surface area contributed by atoms with Crippen molar-refractivity contribution in [2.45, 2.75) is 48.1 Å². The highest BCUT2D eigenvalue weighted by Gasteiger charge is 2.10. The molecule has 0 saturated heterocycles. The Morgan fingerprint density at radius 1 is 0.906 bits per heavy atom. The standard InChI is InChI=1S/C24H27NO3.2C2H6/c1-5-9-17-24(22(8-4)27-18-20-15-11-10-12-16-20)28-23(14-7-3)21(13-6-2)25-19-26;2*1-2/h5-17,19H,1,4,18H2,2-3H3,(H,25,26);2*1-2H3/b13-6-,14-7-,17-9-,23-21-,24-22-;;. The van der Waals surface area contributed by atoms with Gasteiger partial charge in [0.25, 0.3) is 0 Å². The molecule has 0 saturated carbocycles. The second kappa shape index (κ2) is 22.2. The first-order valence-corrected chi connectivity index (χ1v) is 10.9. The van der Waals surface area contributed by atoms with Crippen LogP contribution < -0.4 is 5.32 Å². The molecular formula is C28H39NO3. The number of hydrogen-bond acceptors (Lipinski definition) is 3. The van der Waals surface area contributed by atoms with Gasteiger partial charge in [0, 0.05) is 0 Å². The van der Waals surface area contributed by atoms with Gasteiger partial charge in [-0.3, -0.25) is 4.79 Å². The normalized spacial score (nSPS) is 11.9. The average molecular weight is 438 g/mol. The van der Waals surface area contributed by atoms with Crippen LogP contribution in [0.1, 0.15) is 47.1 Å². The van der Waals surface area contributed by atoms with Crippen LogP contribution in [0.4, 0.5) is 0 Å². The number of ether oxygens (including phenoxy) is 2. The Balaban J connectivity index is 0. The fourth-order valence-electron chi connectivity index (χ4n) is 2.17. The molecular weight excluding hydrogens is 398 g/mol. The van der Waals surface area contributed by atoms with Crippen molar-refractivity contribution in [3.63, 3.8) is 0 Å². The summed E-state index contributed by atoms with van der Waals surface area (Å²) in [5, 5.41) is 2.65. The average Bonchev–Trinajstić information content (AvgIpc) is 2.85. The number of nitrogens with one attached hydrogen (secondary N) is 1. The van der Waals surface area contributed by atoms with Crippen LogP contribution in [0.15, 0.2) is 115 Å². The minimum absolute atomic E-state index is 0.369. The zero-order valence-electron chi connectivity index (χ0n) is 20.4. The van der Waals surface area contributed by atoms with Gasteiger partial charge in [-0.2, -0.15) is 0 Å². The van der Waals surface area contributed by atoms with Crippen LogP contribution in [0.25, 0.3) is 0 Å². The number of rotatable bonds is 12. The van der Waals surface area contributed by atoms with Crippen molar-refractivity contribution in [3.05, 3.63) is 121 Å². The molecule has 0 unspecified atom stereocenters. The third kappa shape index (κ3) is 12.9. The van der Waals surface area contributed by atoms with Crippen molar-refractivity contribution in [3.8, 4) is 0 Å². The third-order valence-corrected chi connectivity index (χ3v) is 3.40. The summed E-state index contributed by atoms with van der Waals surface area (Å²) in [5.41, 5.74) is 1.54. The lowest BCUT2D eigenvalue weighted by Crippen LogP contribution is -2.12. The van der Waals surface area contributed by atoms with Crippen LogP contribution in [0.5, 0.6) is 0 Å². The molecule has 4 nitrogen and oxygen atoms in total. The fraction of sp³-hybridized carbons (Fsp3) is 0.250. The SMILES string of the molecule is C=C/C=C\C(OC(/C=C\C)=C(/C=C\C)NC=O)=C(/C=C)OCc1ccccc1.CC.CC. The molecule has 1 N–H and O–H groups in total. The summed E-state index contributed by atoms with van der Waals surface area (Å²) < 4.78 is 12.0. The zero-order chi connectivity index (χ0) is 24.6. The van der Waals surface area contributed by atoms with E-state index < -0.39 is 0 Å². The molecule has 1 rings (SSSR count). The van der Waals surface area contributed by atoms with Crippen LogP contribution >= 0.6 is 0 Å². The molecule has 0 atom stereocenters. The molecule has 1 aromatic rings. The van der Waals surface area contributed by atoms with Gasteiger partial charge in [-0.25, -0.2) is 0 Å². The van der Waals surface area contributed by atoms with E-state index in [1.54, 1.807) is 36.5 Å². The summed E-state index contributed by atoms with van der Waals surface area (Å²) in [7, 11) is 0. The molecule has 0 aliphatic heterocycles. The summed E-state index contributed by atoms with van der Waals surface area (Å²) in [6.45, 7) is 19.6. The smallest absolute Gasteiger partial charge is 0.211 e. The van der Waals surface area contributed by atoms with Crippen molar-refractivity contribution in [2.24, 2.45) is 0 Å². The predicted molar refractivity (Wildman–Crippen MR) is 137 cm³/mol. The summed E-state index contributed by atoms with van der Waals surface area (Å²) in [6, 6.07) is 9.80. The molecule has 0 bridgehead atoms. The van der Waals surface area contributed by atoms with Gasteiger partial charge in [0.15, 0.2) is 17.3 Å². The third-order valence-electron chi connectivity index (χ3n) is 3.40. The van der Waals surface area contributed by atoms with Gasteiger partial charge >= 0.3 is 0 Å². The Labute approximate surface area is 195 Å². The molecule has 1 amide bonds. The molecule has 0 aliphatic rings. The molecule has 0 heterocycles. The molecule has 0 aromatic heterocycles. The lowest BCUT2D eigenvalue weighted by Gasteiger charge is -2.15. The van der Waals surface area contributed by atoms with Crippen molar-refractivity contribution in [1.29, 1.82) is 0 Å². The molecule has 174 valence electrons. The Kier molecular flexibility index (Phi) is 21.2. The second-order valence-electron chi connectivity index (χ2n) is 5.44. The van der Waals surface area contributed by atoms with Crippen LogP contribution in [0.3, 0.4) is 0 Å². The van der Waals surface area contributed by atoms with Crippen LogP contribution in [-0.4, -0.2) is 6.41 Å². The minimum atomic E-state index is 0.369. The fourth-order valence-corrected chi connectivity index (χ4v) is 2.17. The number of carbonyl (C=O) groups is 1. The summed E-state index contributed by atoms with van der Waals surface area (Å²) in [4.78, 5) is 11.0. The Hall–Kier alpha value is -3.53. The minimum Gasteiger partial charge on any atom is -0.485 e. The summed E-state index contributed by atoms with van der Waals surface area (Å²) in [6.07, 6.45) is 14.4. The largest absolute Gasteiger partial charge is 0.485 e. The van der Waals surface area contributed by atoms with Crippen molar-refractivity contribution in [1.82, 2.24) is 5.32 Å². The molecule has 4 heteroatoms. The van der Waals surface area contributed by atoms with E-state index >= 15 is 0 Å². The maximum absolute atomic E-state index is 11.0. The maximum atomic E-state index is 11.0. The monoisotopic (exact) mass is 437 g/mol. The van der Waals surface area contributed by atoms with Gasteiger partial charge in [-0.1, -0.05) is 95.5 Å². The molecule has 1 aromatic carbocycles. The topological polar surface area (TPSA) is 47.6 Å². The van der Waals surface area contributed by atoms with Crippen molar-refractivity contribution < 1.29 is 14.3 Å². The van der Waals surface area contributed by atoms with Gasteiger partial charge in [-0.15, -0.1) is 0 Å². The lowest BCUT2D eigenvalue weighted by molar-refractivity contribution is -0.108.